The first-order chi connectivity index (χ1) is 10.7. The molecule has 0 radical (unpaired) electrons. The van der Waals surface area contributed by atoms with E-state index in [0.29, 0.717) is 23.0 Å². The van der Waals surface area contributed by atoms with Gasteiger partial charge in [0, 0.05) is 20.7 Å². The maximum atomic E-state index is 13.5. The van der Waals surface area contributed by atoms with Crippen LogP contribution in [0.2, 0.25) is 0 Å². The number of aromatic nitrogens is 4. The topological polar surface area (TPSA) is 43.6 Å². The van der Waals surface area contributed by atoms with Gasteiger partial charge in [0.15, 0.2) is 0 Å². The van der Waals surface area contributed by atoms with Crippen molar-refractivity contribution < 1.29 is 4.39 Å². The Morgan fingerprint density at radius 2 is 1.86 bits per heavy atom. The van der Waals surface area contributed by atoms with Crippen molar-refractivity contribution in [2.45, 2.75) is 11.4 Å². The predicted octanol–water partition coefficient (Wildman–Crippen LogP) is 4.03. The van der Waals surface area contributed by atoms with Crippen LogP contribution in [0.15, 0.2) is 57.9 Å². The van der Waals surface area contributed by atoms with E-state index in [1.165, 1.54) is 22.6 Å². The molecule has 3 rings (SSSR count). The fourth-order valence-corrected chi connectivity index (χ4v) is 3.20. The maximum Gasteiger partial charge on any atom is 0.206 e. The van der Waals surface area contributed by atoms with Crippen LogP contribution in [-0.2, 0) is 6.54 Å². The average molecular weight is 379 g/mol. The number of rotatable bonds is 5. The number of thioether (sulfide) groups is 1. The molecule has 0 aliphatic carbocycles. The van der Waals surface area contributed by atoms with Crippen LogP contribution in [0.1, 0.15) is 0 Å². The number of aryl methyl sites for hydroxylation is 1. The number of nitrogens with zero attached hydrogens (tertiary/aromatic N) is 4. The maximum absolute atomic E-state index is 13.5. The summed E-state index contributed by atoms with van der Waals surface area (Å²) in [6.45, 7) is 0.566. The first kappa shape index (κ1) is 15.2. The predicted molar refractivity (Wildman–Crippen MR) is 88.1 cm³/mol. The average Bonchev–Trinajstić information content (AvgIpc) is 2.98. The summed E-state index contributed by atoms with van der Waals surface area (Å²) in [4.78, 5) is 2.16. The lowest BCUT2D eigenvalue weighted by atomic mass is 10.2. The minimum atomic E-state index is -0.201. The van der Waals surface area contributed by atoms with Gasteiger partial charge in [-0.1, -0.05) is 40.2 Å². The van der Waals surface area contributed by atoms with Crippen molar-refractivity contribution in [3.63, 3.8) is 0 Å². The highest BCUT2D eigenvalue weighted by Crippen LogP contribution is 2.24. The molecule has 0 saturated carbocycles. The second-order valence-electron chi connectivity index (χ2n) is 4.47. The molecule has 1 aromatic heterocycles. The summed E-state index contributed by atoms with van der Waals surface area (Å²) in [7, 11) is 0. The van der Waals surface area contributed by atoms with Crippen molar-refractivity contribution in [2.75, 3.05) is 5.75 Å². The zero-order valence-electron chi connectivity index (χ0n) is 11.5. The molecular formula is C15H12BrFN4S. The third kappa shape index (κ3) is 3.53. The van der Waals surface area contributed by atoms with Gasteiger partial charge in [-0.25, -0.2) is 4.39 Å². The first-order valence-corrected chi connectivity index (χ1v) is 8.42. The van der Waals surface area contributed by atoms with E-state index >= 15 is 0 Å². The van der Waals surface area contributed by atoms with Crippen LogP contribution in [0.3, 0.4) is 0 Å². The van der Waals surface area contributed by atoms with Crippen molar-refractivity contribution in [1.82, 2.24) is 20.2 Å². The van der Waals surface area contributed by atoms with Gasteiger partial charge < -0.3 is 0 Å². The molecule has 1 heterocycles. The van der Waals surface area contributed by atoms with Crippen LogP contribution in [0.4, 0.5) is 4.39 Å². The van der Waals surface area contributed by atoms with Crippen molar-refractivity contribution in [1.29, 1.82) is 0 Å². The van der Waals surface area contributed by atoms with Gasteiger partial charge in [0.1, 0.15) is 5.82 Å². The lowest BCUT2D eigenvalue weighted by molar-refractivity contribution is 0.556. The van der Waals surface area contributed by atoms with E-state index in [0.717, 1.165) is 10.0 Å². The highest BCUT2D eigenvalue weighted by Gasteiger charge is 2.09. The number of tetrazole rings is 1. The SMILES string of the molecule is Fc1ccccc1SCCn1nnc(-c2ccccc2Br)n1. The van der Waals surface area contributed by atoms with Gasteiger partial charge in [-0.05, 0) is 29.5 Å². The summed E-state index contributed by atoms with van der Waals surface area (Å²) in [5.41, 5.74) is 0.899. The number of hydrogen-bond donors (Lipinski definition) is 0. The van der Waals surface area contributed by atoms with E-state index in [1.807, 2.05) is 30.3 Å². The normalized spacial score (nSPS) is 10.8. The van der Waals surface area contributed by atoms with Gasteiger partial charge in [0.25, 0.3) is 0 Å². The van der Waals surface area contributed by atoms with Crippen molar-refractivity contribution >= 4 is 27.7 Å². The summed E-state index contributed by atoms with van der Waals surface area (Å²) in [6, 6.07) is 14.5. The molecule has 7 heteroatoms. The summed E-state index contributed by atoms with van der Waals surface area (Å²) in [5, 5.41) is 12.4. The molecule has 2 aromatic carbocycles. The van der Waals surface area contributed by atoms with Gasteiger partial charge in [-0.3, -0.25) is 0 Å². The zero-order chi connectivity index (χ0) is 15.4. The van der Waals surface area contributed by atoms with Crippen LogP contribution < -0.4 is 0 Å². The molecule has 0 spiro atoms. The minimum Gasteiger partial charge on any atom is -0.206 e. The Bertz CT molecular complexity index is 777. The van der Waals surface area contributed by atoms with Gasteiger partial charge in [0.05, 0.1) is 6.54 Å². The monoisotopic (exact) mass is 378 g/mol. The minimum absolute atomic E-state index is 0.201. The Balaban J connectivity index is 1.63. The zero-order valence-corrected chi connectivity index (χ0v) is 13.9. The molecule has 4 nitrogen and oxygen atoms in total. The van der Waals surface area contributed by atoms with Crippen LogP contribution in [0.25, 0.3) is 11.4 Å². The molecule has 0 N–H and O–H groups in total. The summed E-state index contributed by atoms with van der Waals surface area (Å²) < 4.78 is 14.4. The first-order valence-electron chi connectivity index (χ1n) is 6.64. The van der Waals surface area contributed by atoms with Gasteiger partial charge >= 0.3 is 0 Å². The number of hydrogen-bond acceptors (Lipinski definition) is 4. The summed E-state index contributed by atoms with van der Waals surface area (Å²) >= 11 is 4.91. The molecule has 0 fully saturated rings. The van der Waals surface area contributed by atoms with E-state index in [9.17, 15) is 4.39 Å². The lowest BCUT2D eigenvalue weighted by Gasteiger charge is -2.02. The van der Waals surface area contributed by atoms with Crippen LogP contribution in [0.5, 0.6) is 0 Å². The standard InChI is InChI=1S/C15H12BrFN4S/c16-12-6-2-1-5-11(12)15-18-20-21(19-15)9-10-22-14-8-4-3-7-13(14)17/h1-8H,9-10H2. The molecule has 0 atom stereocenters. The third-order valence-electron chi connectivity index (χ3n) is 2.95. The smallest absolute Gasteiger partial charge is 0.206 e. The molecule has 0 unspecified atom stereocenters. The molecular weight excluding hydrogens is 367 g/mol. The summed E-state index contributed by atoms with van der Waals surface area (Å²) in [6.07, 6.45) is 0. The Morgan fingerprint density at radius 1 is 1.09 bits per heavy atom. The Hall–Kier alpha value is -1.73. The molecule has 0 saturated heterocycles. The van der Waals surface area contributed by atoms with Gasteiger partial charge in [-0.15, -0.1) is 22.0 Å². The van der Waals surface area contributed by atoms with Gasteiger partial charge in [0.2, 0.25) is 5.82 Å². The third-order valence-corrected chi connectivity index (χ3v) is 4.67. The fraction of sp³-hybridized carbons (Fsp3) is 0.133. The van der Waals surface area contributed by atoms with Crippen molar-refractivity contribution in [3.8, 4) is 11.4 Å². The number of benzene rings is 2. The Labute approximate surface area is 139 Å². The van der Waals surface area contributed by atoms with E-state index in [1.54, 1.807) is 12.1 Å². The quantitative estimate of drug-likeness (QED) is 0.628. The molecule has 0 bridgehead atoms. The Kier molecular flexibility index (Phi) is 4.84. The molecule has 3 aromatic rings. The molecule has 0 aliphatic heterocycles. The van der Waals surface area contributed by atoms with E-state index in [2.05, 4.69) is 31.3 Å². The molecule has 112 valence electrons. The second kappa shape index (κ2) is 7.02. The van der Waals surface area contributed by atoms with E-state index < -0.39 is 0 Å². The highest BCUT2D eigenvalue weighted by atomic mass is 79.9. The largest absolute Gasteiger partial charge is 0.206 e. The molecule has 22 heavy (non-hydrogen) atoms. The molecule has 0 amide bonds. The van der Waals surface area contributed by atoms with Crippen molar-refractivity contribution in [3.05, 3.63) is 58.8 Å². The second-order valence-corrected chi connectivity index (χ2v) is 6.46. The van der Waals surface area contributed by atoms with E-state index in [-0.39, 0.29) is 5.82 Å². The summed E-state index contributed by atoms with van der Waals surface area (Å²) in [5.74, 6) is 1.04. The lowest BCUT2D eigenvalue weighted by Crippen LogP contribution is -2.05. The van der Waals surface area contributed by atoms with Crippen LogP contribution in [-0.4, -0.2) is 26.0 Å². The Morgan fingerprint density at radius 3 is 2.68 bits per heavy atom. The van der Waals surface area contributed by atoms with Crippen LogP contribution >= 0.6 is 27.7 Å². The molecule has 0 aliphatic rings. The van der Waals surface area contributed by atoms with Gasteiger partial charge in [-0.2, -0.15) is 4.80 Å². The fourth-order valence-electron chi connectivity index (χ4n) is 1.89. The highest BCUT2D eigenvalue weighted by molar-refractivity contribution is 9.10. The van der Waals surface area contributed by atoms with Crippen molar-refractivity contribution in [2.24, 2.45) is 0 Å². The van der Waals surface area contributed by atoms with Crippen LogP contribution in [0, 0.1) is 5.82 Å². The number of halogens is 2. The van der Waals surface area contributed by atoms with E-state index in [4.69, 9.17) is 0 Å².